The number of carbonyl (C=O) groups excluding carboxylic acids is 1. The summed E-state index contributed by atoms with van der Waals surface area (Å²) in [6.07, 6.45) is 2.49. The Hall–Kier alpha value is -2.67. The van der Waals surface area contributed by atoms with E-state index in [0.717, 1.165) is 55.3 Å². The van der Waals surface area contributed by atoms with Crippen LogP contribution >= 0.6 is 0 Å². The number of ether oxygens (including phenoxy) is 1. The first kappa shape index (κ1) is 18.7. The monoisotopic (exact) mass is 381 g/mol. The summed E-state index contributed by atoms with van der Waals surface area (Å²) in [6.45, 7) is 5.38. The van der Waals surface area contributed by atoms with Gasteiger partial charge in [0.15, 0.2) is 5.82 Å². The Labute approximate surface area is 165 Å². The van der Waals surface area contributed by atoms with Crippen molar-refractivity contribution >= 4 is 11.9 Å². The van der Waals surface area contributed by atoms with Crippen molar-refractivity contribution in [3.8, 4) is 11.4 Å². The number of anilines is 1. The molecule has 0 radical (unpaired) electrons. The van der Waals surface area contributed by atoms with Gasteiger partial charge in [0.1, 0.15) is 5.82 Å². The topological polar surface area (TPSA) is 79.4 Å². The molecule has 0 aliphatic carbocycles. The highest BCUT2D eigenvalue weighted by molar-refractivity contribution is 5.67. The van der Waals surface area contributed by atoms with Crippen LogP contribution in [0.5, 0.6) is 0 Å². The summed E-state index contributed by atoms with van der Waals surface area (Å²) in [5, 5.41) is 7.06. The third-order valence-corrected chi connectivity index (χ3v) is 5.33. The molecule has 0 bridgehead atoms. The zero-order valence-corrected chi connectivity index (χ0v) is 16.3. The number of amides is 1. The maximum Gasteiger partial charge on any atom is 0.409 e. The van der Waals surface area contributed by atoms with Gasteiger partial charge in [0.25, 0.3) is 0 Å². The van der Waals surface area contributed by atoms with E-state index in [1.807, 2.05) is 37.3 Å². The lowest BCUT2D eigenvalue weighted by atomic mass is 10.0. The van der Waals surface area contributed by atoms with Gasteiger partial charge in [-0.25, -0.2) is 14.8 Å². The van der Waals surface area contributed by atoms with Crippen molar-refractivity contribution in [2.75, 3.05) is 31.6 Å². The number of benzene rings is 1. The Kier molecular flexibility index (Phi) is 5.71. The Morgan fingerprint density at radius 2 is 2.04 bits per heavy atom. The van der Waals surface area contributed by atoms with Crippen molar-refractivity contribution in [3.63, 3.8) is 0 Å². The van der Waals surface area contributed by atoms with Crippen molar-refractivity contribution < 1.29 is 9.53 Å². The van der Waals surface area contributed by atoms with E-state index in [4.69, 9.17) is 14.7 Å². The predicted molar refractivity (Wildman–Crippen MR) is 108 cm³/mol. The third kappa shape index (κ3) is 4.09. The molecule has 2 aliphatic heterocycles. The Morgan fingerprint density at radius 1 is 1.25 bits per heavy atom. The van der Waals surface area contributed by atoms with E-state index in [1.54, 1.807) is 4.90 Å². The van der Waals surface area contributed by atoms with Gasteiger partial charge in [-0.05, 0) is 32.7 Å². The molecule has 28 heavy (non-hydrogen) atoms. The standard InChI is InChI=1S/C21H27N5O2/c1-2-28-21(27)26-12-9-16(10-13-26)23-20-17-8-11-22-14-18(17)24-19(25-20)15-6-4-3-5-7-15/h3-7,16,22H,2,8-14H2,1H3,(H,23,24,25). The summed E-state index contributed by atoms with van der Waals surface area (Å²) < 4.78 is 5.11. The minimum Gasteiger partial charge on any atom is -0.450 e. The van der Waals surface area contributed by atoms with E-state index in [2.05, 4.69) is 10.6 Å². The minimum absolute atomic E-state index is 0.210. The zero-order valence-electron chi connectivity index (χ0n) is 16.3. The molecular formula is C21H27N5O2. The summed E-state index contributed by atoms with van der Waals surface area (Å²) in [5.41, 5.74) is 3.31. The van der Waals surface area contributed by atoms with Crippen LogP contribution in [0.2, 0.25) is 0 Å². The lowest BCUT2D eigenvalue weighted by Crippen LogP contribution is -2.43. The number of nitrogens with one attached hydrogen (secondary N) is 2. The van der Waals surface area contributed by atoms with Crippen LogP contribution in [-0.2, 0) is 17.7 Å². The molecule has 2 aromatic rings. The van der Waals surface area contributed by atoms with Gasteiger partial charge >= 0.3 is 6.09 Å². The van der Waals surface area contributed by atoms with E-state index in [0.29, 0.717) is 25.7 Å². The van der Waals surface area contributed by atoms with Crippen LogP contribution in [0.1, 0.15) is 31.0 Å². The molecule has 0 atom stereocenters. The second-order valence-electron chi connectivity index (χ2n) is 7.22. The quantitative estimate of drug-likeness (QED) is 0.848. The van der Waals surface area contributed by atoms with Gasteiger partial charge in [-0.15, -0.1) is 0 Å². The molecule has 0 unspecified atom stereocenters. The fraction of sp³-hybridized carbons (Fsp3) is 0.476. The maximum absolute atomic E-state index is 11.9. The molecule has 1 aromatic heterocycles. The molecule has 3 heterocycles. The Balaban J connectivity index is 1.52. The first-order chi connectivity index (χ1) is 13.7. The highest BCUT2D eigenvalue weighted by Gasteiger charge is 2.26. The third-order valence-electron chi connectivity index (χ3n) is 5.33. The molecule has 1 amide bonds. The molecule has 2 aliphatic rings. The van der Waals surface area contributed by atoms with Gasteiger partial charge in [0.2, 0.25) is 0 Å². The predicted octanol–water partition coefficient (Wildman–Crippen LogP) is 2.82. The van der Waals surface area contributed by atoms with Crippen LogP contribution in [0.25, 0.3) is 11.4 Å². The lowest BCUT2D eigenvalue weighted by molar-refractivity contribution is 0.0983. The molecule has 1 saturated heterocycles. The van der Waals surface area contributed by atoms with Crippen LogP contribution in [-0.4, -0.2) is 53.2 Å². The van der Waals surface area contributed by atoms with E-state index in [1.165, 1.54) is 5.56 Å². The number of rotatable bonds is 4. The van der Waals surface area contributed by atoms with Gasteiger partial charge < -0.3 is 20.3 Å². The average molecular weight is 381 g/mol. The molecule has 7 heteroatoms. The lowest BCUT2D eigenvalue weighted by Gasteiger charge is -2.32. The summed E-state index contributed by atoms with van der Waals surface area (Å²) in [4.78, 5) is 23.4. The van der Waals surface area contributed by atoms with Crippen molar-refractivity contribution in [2.24, 2.45) is 0 Å². The smallest absolute Gasteiger partial charge is 0.409 e. The number of likely N-dealkylation sites (tertiary alicyclic amines) is 1. The fourth-order valence-electron chi connectivity index (χ4n) is 3.81. The van der Waals surface area contributed by atoms with Crippen LogP contribution in [0, 0.1) is 0 Å². The van der Waals surface area contributed by atoms with Crippen molar-refractivity contribution in [1.82, 2.24) is 20.2 Å². The molecule has 4 rings (SSSR count). The highest BCUT2D eigenvalue weighted by Crippen LogP contribution is 2.26. The summed E-state index contributed by atoms with van der Waals surface area (Å²) in [5.74, 6) is 1.70. The average Bonchev–Trinajstić information content (AvgIpc) is 2.75. The minimum atomic E-state index is -0.210. The van der Waals surface area contributed by atoms with Crippen LogP contribution < -0.4 is 10.6 Å². The van der Waals surface area contributed by atoms with Gasteiger partial charge in [0.05, 0.1) is 12.3 Å². The van der Waals surface area contributed by atoms with Gasteiger partial charge in [0, 0.05) is 36.8 Å². The summed E-state index contributed by atoms with van der Waals surface area (Å²) in [6, 6.07) is 10.4. The number of nitrogens with zero attached hydrogens (tertiary/aromatic N) is 3. The first-order valence-electron chi connectivity index (χ1n) is 10.1. The Bertz CT molecular complexity index is 819. The summed E-state index contributed by atoms with van der Waals surface area (Å²) >= 11 is 0. The molecule has 0 spiro atoms. The molecule has 2 N–H and O–H groups in total. The van der Waals surface area contributed by atoms with Crippen molar-refractivity contribution in [2.45, 2.75) is 38.8 Å². The van der Waals surface area contributed by atoms with E-state index in [-0.39, 0.29) is 6.09 Å². The highest BCUT2D eigenvalue weighted by atomic mass is 16.6. The molecule has 1 aromatic carbocycles. The Morgan fingerprint density at radius 3 is 2.79 bits per heavy atom. The van der Waals surface area contributed by atoms with Crippen molar-refractivity contribution in [3.05, 3.63) is 41.6 Å². The van der Waals surface area contributed by atoms with Gasteiger partial charge in [-0.2, -0.15) is 0 Å². The number of hydrogen-bond donors (Lipinski definition) is 2. The molecule has 148 valence electrons. The van der Waals surface area contributed by atoms with Crippen LogP contribution in [0.3, 0.4) is 0 Å². The SMILES string of the molecule is CCOC(=O)N1CCC(Nc2nc(-c3ccccc3)nc3c2CCNC3)CC1. The van der Waals surface area contributed by atoms with Gasteiger partial charge in [-0.3, -0.25) is 0 Å². The molecule has 0 saturated carbocycles. The number of piperidine rings is 1. The molecule has 1 fully saturated rings. The van der Waals surface area contributed by atoms with Crippen LogP contribution in [0.15, 0.2) is 30.3 Å². The van der Waals surface area contributed by atoms with E-state index >= 15 is 0 Å². The second kappa shape index (κ2) is 8.56. The summed E-state index contributed by atoms with van der Waals surface area (Å²) in [7, 11) is 0. The normalized spacial score (nSPS) is 17.1. The fourth-order valence-corrected chi connectivity index (χ4v) is 3.81. The number of aromatic nitrogens is 2. The second-order valence-corrected chi connectivity index (χ2v) is 7.22. The van der Waals surface area contributed by atoms with Gasteiger partial charge in [-0.1, -0.05) is 30.3 Å². The molecular weight excluding hydrogens is 354 g/mol. The zero-order chi connectivity index (χ0) is 19.3. The number of hydrogen-bond acceptors (Lipinski definition) is 6. The maximum atomic E-state index is 11.9. The largest absolute Gasteiger partial charge is 0.450 e. The van der Waals surface area contributed by atoms with Crippen molar-refractivity contribution in [1.29, 1.82) is 0 Å². The van der Waals surface area contributed by atoms with E-state index in [9.17, 15) is 4.79 Å². The van der Waals surface area contributed by atoms with Crippen LogP contribution in [0.4, 0.5) is 10.6 Å². The molecule has 7 nitrogen and oxygen atoms in total. The first-order valence-corrected chi connectivity index (χ1v) is 10.1. The van der Waals surface area contributed by atoms with E-state index < -0.39 is 0 Å². The number of fused-ring (bicyclic) bond motifs is 1. The number of carbonyl (C=O) groups is 1.